The number of allylic oxidation sites excluding steroid dienone is 5. The molecular weight excluding hydrogens is 487 g/mol. The monoisotopic (exact) mass is 524 g/mol. The van der Waals surface area contributed by atoms with E-state index in [0.29, 0.717) is 12.0 Å². The number of imidazole rings is 1. The topological polar surface area (TPSA) is 84.6 Å². The van der Waals surface area contributed by atoms with Crippen molar-refractivity contribution in [2.45, 2.75) is 47.5 Å². The van der Waals surface area contributed by atoms with Crippen molar-refractivity contribution in [1.29, 1.82) is 0 Å². The predicted molar refractivity (Wildman–Crippen MR) is 160 cm³/mol. The van der Waals surface area contributed by atoms with E-state index >= 15 is 4.39 Å². The number of hydrogen-bond acceptors (Lipinski definition) is 4. The summed E-state index contributed by atoms with van der Waals surface area (Å²) in [7, 11) is 0. The minimum Gasteiger partial charge on any atom is -0.396 e. The summed E-state index contributed by atoms with van der Waals surface area (Å²) >= 11 is 0. The number of nitrogens with one attached hydrogen (secondary N) is 2. The molecule has 0 saturated heterocycles. The molecule has 3 aromatic heterocycles. The molecule has 0 aliphatic rings. The van der Waals surface area contributed by atoms with Gasteiger partial charge in [-0.2, -0.15) is 0 Å². The Morgan fingerprint density at radius 1 is 1.23 bits per heavy atom. The van der Waals surface area contributed by atoms with Gasteiger partial charge in [-0.3, -0.25) is 0 Å². The highest BCUT2D eigenvalue weighted by Gasteiger charge is 2.15. The summed E-state index contributed by atoms with van der Waals surface area (Å²) in [4.78, 5) is 12.2. The van der Waals surface area contributed by atoms with Crippen molar-refractivity contribution >= 4 is 22.3 Å². The summed E-state index contributed by atoms with van der Waals surface area (Å²) < 4.78 is 17.1. The lowest BCUT2D eigenvalue weighted by atomic mass is 9.91. The number of hydrogen-bond donors (Lipinski definition) is 3. The van der Waals surface area contributed by atoms with E-state index < -0.39 is 5.82 Å². The number of benzene rings is 1. The molecule has 7 heteroatoms. The van der Waals surface area contributed by atoms with Gasteiger partial charge in [-0.1, -0.05) is 40.0 Å². The largest absolute Gasteiger partial charge is 0.396 e. The van der Waals surface area contributed by atoms with Crippen LogP contribution in [0, 0.1) is 18.2 Å². The molecule has 202 valence electrons. The molecule has 4 N–H and O–H groups in total. The highest BCUT2D eigenvalue weighted by Crippen LogP contribution is 2.29. The quantitative estimate of drug-likeness (QED) is 0.157. The molecule has 3 heterocycles. The van der Waals surface area contributed by atoms with Gasteiger partial charge < -0.3 is 20.6 Å². The lowest BCUT2D eigenvalue weighted by Crippen LogP contribution is -2.16. The number of fused-ring (bicyclic) bond motifs is 1. The summed E-state index contributed by atoms with van der Waals surface area (Å²) in [5.74, 6) is -0.454. The Morgan fingerprint density at radius 3 is 2.64 bits per heavy atom. The number of nitrogen functional groups attached to an aromatic ring is 1. The second kappa shape index (κ2) is 11.2. The van der Waals surface area contributed by atoms with Crippen LogP contribution in [0.15, 0.2) is 85.8 Å². The lowest BCUT2D eigenvalue weighted by molar-refractivity contribution is 0.403. The van der Waals surface area contributed by atoms with E-state index in [1.807, 2.05) is 55.0 Å². The van der Waals surface area contributed by atoms with Crippen LogP contribution in [0.2, 0.25) is 0 Å². The van der Waals surface area contributed by atoms with E-state index in [-0.39, 0.29) is 11.1 Å². The van der Waals surface area contributed by atoms with Crippen LogP contribution in [-0.4, -0.2) is 19.5 Å². The normalized spacial score (nSPS) is 12.7. The Kier molecular flexibility index (Phi) is 7.90. The number of nitrogens with zero attached hydrogens (tertiary/aromatic N) is 3. The van der Waals surface area contributed by atoms with E-state index in [4.69, 9.17) is 5.73 Å². The fourth-order valence-corrected chi connectivity index (χ4v) is 4.67. The zero-order valence-corrected chi connectivity index (χ0v) is 23.4. The maximum Gasteiger partial charge on any atom is 0.146 e. The van der Waals surface area contributed by atoms with Crippen molar-refractivity contribution in [3.05, 3.63) is 114 Å². The van der Waals surface area contributed by atoms with Crippen LogP contribution in [-0.2, 0) is 6.42 Å². The molecule has 39 heavy (non-hydrogen) atoms. The van der Waals surface area contributed by atoms with Crippen molar-refractivity contribution in [3.8, 4) is 5.69 Å². The fraction of sp³-hybridized carbons (Fsp3) is 0.250. The van der Waals surface area contributed by atoms with Gasteiger partial charge in [0.2, 0.25) is 0 Å². The van der Waals surface area contributed by atoms with Gasteiger partial charge in [-0.25, -0.2) is 14.4 Å². The number of aryl methyl sites for hydroxylation is 1. The summed E-state index contributed by atoms with van der Waals surface area (Å²) in [5.41, 5.74) is 13.9. The first-order chi connectivity index (χ1) is 18.5. The van der Waals surface area contributed by atoms with E-state index in [2.05, 4.69) is 54.2 Å². The minimum absolute atomic E-state index is 0.103. The smallest absolute Gasteiger partial charge is 0.146 e. The molecule has 1 aromatic carbocycles. The molecule has 4 rings (SSSR count). The van der Waals surface area contributed by atoms with Gasteiger partial charge in [0, 0.05) is 41.3 Å². The number of rotatable bonds is 9. The van der Waals surface area contributed by atoms with Crippen LogP contribution in [0.3, 0.4) is 0 Å². The Morgan fingerprint density at radius 2 is 2.00 bits per heavy atom. The molecule has 0 spiro atoms. The molecule has 0 amide bonds. The van der Waals surface area contributed by atoms with Crippen LogP contribution in [0.5, 0.6) is 0 Å². The van der Waals surface area contributed by atoms with E-state index in [9.17, 15) is 0 Å². The third-order valence-corrected chi connectivity index (χ3v) is 6.39. The zero-order valence-electron chi connectivity index (χ0n) is 23.4. The molecule has 0 saturated carbocycles. The number of halogens is 1. The third-order valence-electron chi connectivity index (χ3n) is 6.39. The predicted octanol–water partition coefficient (Wildman–Crippen LogP) is 7.38. The van der Waals surface area contributed by atoms with E-state index in [1.54, 1.807) is 18.6 Å². The van der Waals surface area contributed by atoms with Crippen LogP contribution >= 0.6 is 0 Å². The van der Waals surface area contributed by atoms with Gasteiger partial charge in [0.1, 0.15) is 11.5 Å². The maximum absolute atomic E-state index is 15.1. The lowest BCUT2D eigenvalue weighted by Gasteiger charge is -2.21. The van der Waals surface area contributed by atoms with Gasteiger partial charge in [-0.15, -0.1) is 0 Å². The Labute approximate surface area is 229 Å². The van der Waals surface area contributed by atoms with Crippen LogP contribution in [0.4, 0.5) is 10.1 Å². The summed E-state index contributed by atoms with van der Waals surface area (Å²) in [5, 5.41) is 4.30. The zero-order chi connectivity index (χ0) is 28.3. The summed E-state index contributed by atoms with van der Waals surface area (Å²) in [6, 6.07) is 7.39. The third kappa shape index (κ3) is 6.55. The first-order valence-electron chi connectivity index (χ1n) is 13.0. The summed E-state index contributed by atoms with van der Waals surface area (Å²) in [6.45, 7) is 18.5. The molecule has 0 unspecified atom stereocenters. The van der Waals surface area contributed by atoms with Gasteiger partial charge >= 0.3 is 0 Å². The molecular formula is C32H37FN6. The summed E-state index contributed by atoms with van der Waals surface area (Å²) in [6.07, 6.45) is 12.4. The fourth-order valence-electron chi connectivity index (χ4n) is 4.67. The first-order valence-corrected chi connectivity index (χ1v) is 13.0. The number of H-pyrrole nitrogens is 1. The Bertz CT molecular complexity index is 1590. The Hall–Kier alpha value is -4.39. The van der Waals surface area contributed by atoms with Gasteiger partial charge in [0.15, 0.2) is 0 Å². The number of aromatic amines is 1. The van der Waals surface area contributed by atoms with Crippen LogP contribution < -0.4 is 11.1 Å². The van der Waals surface area contributed by atoms with Crippen molar-refractivity contribution in [3.63, 3.8) is 0 Å². The Balaban J connectivity index is 1.65. The van der Waals surface area contributed by atoms with Gasteiger partial charge in [0.05, 0.1) is 23.4 Å². The van der Waals surface area contributed by atoms with Crippen molar-refractivity contribution in [2.75, 3.05) is 5.73 Å². The second-order valence-electron chi connectivity index (χ2n) is 11.0. The number of nitrogens with two attached hydrogens (primary N) is 1. The molecule has 0 atom stereocenters. The van der Waals surface area contributed by atoms with Crippen molar-refractivity contribution in [2.24, 2.45) is 5.41 Å². The molecule has 0 radical (unpaired) electrons. The van der Waals surface area contributed by atoms with Crippen molar-refractivity contribution in [1.82, 2.24) is 24.8 Å². The first kappa shape index (κ1) is 27.6. The average molecular weight is 525 g/mol. The van der Waals surface area contributed by atoms with Crippen molar-refractivity contribution < 1.29 is 4.39 Å². The molecule has 0 fully saturated rings. The molecule has 4 aromatic rings. The second-order valence-corrected chi connectivity index (χ2v) is 11.0. The molecule has 0 aliphatic heterocycles. The molecule has 0 bridgehead atoms. The number of pyridine rings is 1. The number of aromatic nitrogens is 4. The highest BCUT2D eigenvalue weighted by atomic mass is 19.1. The van der Waals surface area contributed by atoms with E-state index in [1.165, 1.54) is 6.07 Å². The highest BCUT2D eigenvalue weighted by molar-refractivity contribution is 5.86. The van der Waals surface area contributed by atoms with Crippen LogP contribution in [0.25, 0.3) is 22.3 Å². The molecule has 6 nitrogen and oxygen atoms in total. The molecule has 0 aliphatic carbocycles. The average Bonchev–Trinajstić information content (AvgIpc) is 3.48. The van der Waals surface area contributed by atoms with Crippen LogP contribution in [0.1, 0.15) is 56.6 Å². The maximum atomic E-state index is 15.1. The van der Waals surface area contributed by atoms with Gasteiger partial charge in [0.25, 0.3) is 0 Å². The SMILES string of the molecule is C=C/C(=C\C(=C/C)c1cc(F)c(N)c(Cc2cc3c(-n4cnc(C)c4)ccnc3[nH]2)c1)NC(=C)CC(C)(C)C. The van der Waals surface area contributed by atoms with E-state index in [0.717, 1.165) is 57.1 Å². The van der Waals surface area contributed by atoms with Gasteiger partial charge in [-0.05, 0) is 78.8 Å². The minimum atomic E-state index is -0.454. The standard InChI is InChI=1S/C32H37FN6/c1-8-22(13-25(9-2)37-20(3)17-32(5,6)7)23-12-24(30(34)28(33)15-23)14-26-16-27-29(10-11-35-31(27)38-26)39-18-21(4)36-19-39/h8-13,15-16,18-19,37H,2-3,14,17,34H2,1,4-7H3,(H,35,38)/b22-8+,25-13+. The number of anilines is 1.